The number of hydrogen-bond acceptors (Lipinski definition) is 4. The van der Waals surface area contributed by atoms with Gasteiger partial charge in [0, 0.05) is 23.7 Å². The molecule has 34 heavy (non-hydrogen) atoms. The topological polar surface area (TPSA) is 68.2 Å². The van der Waals surface area contributed by atoms with Gasteiger partial charge in [-0.2, -0.15) is 9.78 Å². The monoisotopic (exact) mass is 500 g/mol. The normalized spacial score (nSPS) is 14.8. The van der Waals surface area contributed by atoms with E-state index >= 15 is 0 Å². The van der Waals surface area contributed by atoms with Crippen LogP contribution in [0.1, 0.15) is 62.0 Å². The van der Waals surface area contributed by atoms with Crippen LogP contribution in [0.15, 0.2) is 48.5 Å². The molecule has 8 heteroatoms. The minimum atomic E-state index is -0.195. The van der Waals surface area contributed by atoms with E-state index in [2.05, 4.69) is 24.5 Å². The molecule has 0 radical (unpaired) electrons. The van der Waals surface area contributed by atoms with Crippen LogP contribution in [0.3, 0.4) is 0 Å². The van der Waals surface area contributed by atoms with Crippen LogP contribution in [0.4, 0.5) is 0 Å². The van der Waals surface area contributed by atoms with E-state index in [0.29, 0.717) is 45.2 Å². The quantitative estimate of drug-likeness (QED) is 0.350. The minimum absolute atomic E-state index is 0.175. The van der Waals surface area contributed by atoms with Crippen molar-refractivity contribution in [2.75, 3.05) is 0 Å². The highest BCUT2D eigenvalue weighted by Gasteiger charge is 2.28. The average molecular weight is 501 g/mol. The number of rotatable bonds is 9. The summed E-state index contributed by atoms with van der Waals surface area (Å²) in [5, 5.41) is 12.5. The van der Waals surface area contributed by atoms with Crippen LogP contribution in [0, 0.1) is 0 Å². The van der Waals surface area contributed by atoms with Gasteiger partial charge in [0.25, 0.3) is 5.91 Å². The molecular weight excluding hydrogens is 471 g/mol. The van der Waals surface area contributed by atoms with Gasteiger partial charge < -0.3 is 15.4 Å². The van der Waals surface area contributed by atoms with Gasteiger partial charge in [0.15, 0.2) is 5.69 Å². The lowest BCUT2D eigenvalue weighted by Crippen LogP contribution is -2.34. The molecule has 0 bridgehead atoms. The summed E-state index contributed by atoms with van der Waals surface area (Å²) < 4.78 is 7.95. The van der Waals surface area contributed by atoms with Crippen molar-refractivity contribution >= 4 is 29.1 Å². The second-order valence-corrected chi connectivity index (χ2v) is 9.54. The number of amides is 1. The van der Waals surface area contributed by atoms with E-state index in [0.717, 1.165) is 32.1 Å². The summed E-state index contributed by atoms with van der Waals surface area (Å²) in [5.41, 5.74) is 1.66. The van der Waals surface area contributed by atoms with Gasteiger partial charge in [-0.1, -0.05) is 55.1 Å². The Kier molecular flexibility index (Phi) is 8.14. The van der Waals surface area contributed by atoms with Gasteiger partial charge in [0.05, 0.1) is 16.3 Å². The third-order valence-electron chi connectivity index (χ3n) is 6.19. The first-order valence-electron chi connectivity index (χ1n) is 11.8. The van der Waals surface area contributed by atoms with Gasteiger partial charge in [-0.3, -0.25) is 4.79 Å². The maximum absolute atomic E-state index is 13.4. The van der Waals surface area contributed by atoms with Crippen molar-refractivity contribution in [2.24, 2.45) is 0 Å². The van der Waals surface area contributed by atoms with Gasteiger partial charge >= 0.3 is 0 Å². The molecule has 3 aromatic rings. The molecule has 6 nitrogen and oxygen atoms in total. The minimum Gasteiger partial charge on any atom is -0.439 e. The Morgan fingerprint density at radius 3 is 2.53 bits per heavy atom. The molecule has 1 fully saturated rings. The van der Waals surface area contributed by atoms with Crippen LogP contribution in [0.25, 0.3) is 5.69 Å². The molecule has 1 heterocycles. The fourth-order valence-corrected chi connectivity index (χ4v) is 4.37. The van der Waals surface area contributed by atoms with E-state index in [-0.39, 0.29) is 18.0 Å². The standard InChI is InChI=1S/C26H30Cl2N4O2/c1-3-17(2)29-16-21-24(25(33)30-19-8-4-5-9-19)31-32(23-11-7-6-10-22(23)28)26(21)34-20-14-12-18(27)13-15-20/h6-7,10-15,17,19,29H,3-5,8-9,16H2,1-2H3,(H,30,33). The van der Waals surface area contributed by atoms with Gasteiger partial charge in [-0.15, -0.1) is 0 Å². The van der Waals surface area contributed by atoms with Gasteiger partial charge in [-0.05, 0) is 62.6 Å². The van der Waals surface area contributed by atoms with E-state index in [4.69, 9.17) is 33.0 Å². The Hall–Kier alpha value is -2.54. The highest BCUT2D eigenvalue weighted by molar-refractivity contribution is 6.32. The molecule has 2 N–H and O–H groups in total. The summed E-state index contributed by atoms with van der Waals surface area (Å²) in [5.74, 6) is 0.840. The van der Waals surface area contributed by atoms with E-state index < -0.39 is 0 Å². The maximum atomic E-state index is 13.4. The largest absolute Gasteiger partial charge is 0.439 e. The molecule has 1 aliphatic rings. The number of carbonyl (C=O) groups is 1. The maximum Gasteiger partial charge on any atom is 0.272 e. The zero-order valence-corrected chi connectivity index (χ0v) is 21.0. The summed E-state index contributed by atoms with van der Waals surface area (Å²) in [7, 11) is 0. The second-order valence-electron chi connectivity index (χ2n) is 8.70. The number of nitrogens with zero attached hydrogens (tertiary/aromatic N) is 2. The lowest BCUT2D eigenvalue weighted by Gasteiger charge is -2.15. The van der Waals surface area contributed by atoms with E-state index in [1.165, 1.54) is 0 Å². The average Bonchev–Trinajstić information content (AvgIpc) is 3.47. The third kappa shape index (κ3) is 5.74. The fraction of sp³-hybridized carbons (Fsp3) is 0.385. The lowest BCUT2D eigenvalue weighted by molar-refractivity contribution is 0.0931. The smallest absolute Gasteiger partial charge is 0.272 e. The van der Waals surface area contributed by atoms with Crippen LogP contribution in [0.5, 0.6) is 11.6 Å². The first kappa shape index (κ1) is 24.6. The summed E-state index contributed by atoms with van der Waals surface area (Å²) >= 11 is 12.6. The van der Waals surface area contributed by atoms with Crippen molar-refractivity contribution in [1.29, 1.82) is 0 Å². The molecule has 180 valence electrons. The van der Waals surface area contributed by atoms with Gasteiger partial charge in [-0.25, -0.2) is 0 Å². The predicted molar refractivity (Wildman–Crippen MR) is 136 cm³/mol. The first-order chi connectivity index (χ1) is 16.5. The van der Waals surface area contributed by atoms with Gasteiger partial charge in [0.1, 0.15) is 5.75 Å². The zero-order chi connectivity index (χ0) is 24.1. The molecule has 1 unspecified atom stereocenters. The second kappa shape index (κ2) is 11.3. The Balaban J connectivity index is 1.80. The number of halogens is 2. The molecule has 1 amide bonds. The van der Waals surface area contributed by atoms with Crippen LogP contribution in [0.2, 0.25) is 10.0 Å². The molecule has 1 aliphatic carbocycles. The molecular formula is C26H30Cl2N4O2. The number of hydrogen-bond donors (Lipinski definition) is 2. The number of ether oxygens (including phenoxy) is 1. The number of para-hydroxylation sites is 1. The van der Waals surface area contributed by atoms with Crippen molar-refractivity contribution in [3.05, 3.63) is 69.8 Å². The Bertz CT molecular complexity index is 1120. The molecule has 1 saturated carbocycles. The van der Waals surface area contributed by atoms with Crippen LogP contribution in [-0.2, 0) is 6.54 Å². The van der Waals surface area contributed by atoms with E-state index in [9.17, 15) is 4.79 Å². The zero-order valence-electron chi connectivity index (χ0n) is 19.5. The fourth-order valence-electron chi connectivity index (χ4n) is 4.03. The van der Waals surface area contributed by atoms with Crippen LogP contribution >= 0.6 is 23.2 Å². The SMILES string of the molecule is CCC(C)NCc1c(C(=O)NC2CCCC2)nn(-c2ccccc2Cl)c1Oc1ccc(Cl)cc1. The Morgan fingerprint density at radius 1 is 1.15 bits per heavy atom. The predicted octanol–water partition coefficient (Wildman–Crippen LogP) is 6.53. The van der Waals surface area contributed by atoms with Crippen molar-refractivity contribution in [3.63, 3.8) is 0 Å². The number of benzene rings is 2. The van der Waals surface area contributed by atoms with Crippen molar-refractivity contribution in [3.8, 4) is 17.3 Å². The first-order valence-corrected chi connectivity index (χ1v) is 12.6. The summed E-state index contributed by atoms with van der Waals surface area (Å²) in [6.07, 6.45) is 5.20. The molecule has 1 aromatic heterocycles. The van der Waals surface area contributed by atoms with E-state index in [1.54, 1.807) is 35.0 Å². The molecule has 4 rings (SSSR count). The molecule has 0 saturated heterocycles. The van der Waals surface area contributed by atoms with Crippen molar-refractivity contribution in [1.82, 2.24) is 20.4 Å². The highest BCUT2D eigenvalue weighted by atomic mass is 35.5. The Morgan fingerprint density at radius 2 is 1.85 bits per heavy atom. The summed E-state index contributed by atoms with van der Waals surface area (Å²) in [6, 6.07) is 14.9. The lowest BCUT2D eigenvalue weighted by atomic mass is 10.1. The van der Waals surface area contributed by atoms with Gasteiger partial charge in [0.2, 0.25) is 5.88 Å². The number of carbonyl (C=O) groups excluding carboxylic acids is 1. The summed E-state index contributed by atoms with van der Waals surface area (Å²) in [6.45, 7) is 4.65. The van der Waals surface area contributed by atoms with E-state index in [1.807, 2.05) is 18.2 Å². The molecule has 0 aliphatic heterocycles. The molecule has 2 aromatic carbocycles. The Labute approximate surface area is 210 Å². The van der Waals surface area contributed by atoms with Crippen LogP contribution < -0.4 is 15.4 Å². The van der Waals surface area contributed by atoms with Crippen LogP contribution in [-0.4, -0.2) is 27.8 Å². The van der Waals surface area contributed by atoms with Crippen molar-refractivity contribution in [2.45, 2.75) is 64.6 Å². The highest BCUT2D eigenvalue weighted by Crippen LogP contribution is 2.34. The number of nitrogens with one attached hydrogen (secondary N) is 2. The van der Waals surface area contributed by atoms with Crippen molar-refractivity contribution < 1.29 is 9.53 Å². The third-order valence-corrected chi connectivity index (χ3v) is 6.76. The molecule has 0 spiro atoms. The summed E-state index contributed by atoms with van der Waals surface area (Å²) in [4.78, 5) is 13.4. The molecule has 1 atom stereocenters. The number of aromatic nitrogens is 2.